The molecule has 0 spiro atoms. The third-order valence-electron chi connectivity index (χ3n) is 3.91. The lowest BCUT2D eigenvalue weighted by Crippen LogP contribution is -2.21. The second-order valence-corrected chi connectivity index (χ2v) is 6.87. The van der Waals surface area contributed by atoms with Crippen LogP contribution in [0.2, 0.25) is 0 Å². The molecule has 0 aliphatic heterocycles. The molecular formula is C20H18FNO2S. The summed E-state index contributed by atoms with van der Waals surface area (Å²) in [6, 6.07) is 15.8. The molecule has 0 saturated carbocycles. The number of carbonyl (C=O) groups excluding carboxylic acids is 1. The Morgan fingerprint density at radius 3 is 2.44 bits per heavy atom. The van der Waals surface area contributed by atoms with Gasteiger partial charge in [-0.2, -0.15) is 0 Å². The molecule has 0 atom stereocenters. The number of nitrogens with one attached hydrogen (secondary N) is 1. The molecule has 25 heavy (non-hydrogen) atoms. The molecule has 1 aromatic heterocycles. The SMILES string of the molecule is COc1ccc(-c2cc(C(=O)NCc3ccc(F)cc3)sc2C)cc1. The van der Waals surface area contributed by atoms with E-state index in [-0.39, 0.29) is 11.7 Å². The largest absolute Gasteiger partial charge is 0.497 e. The van der Waals surface area contributed by atoms with Gasteiger partial charge in [0, 0.05) is 11.4 Å². The highest BCUT2D eigenvalue weighted by Crippen LogP contribution is 2.32. The molecule has 0 bridgehead atoms. The van der Waals surface area contributed by atoms with Crippen LogP contribution in [-0.2, 0) is 6.54 Å². The van der Waals surface area contributed by atoms with E-state index in [0.29, 0.717) is 11.4 Å². The maximum atomic E-state index is 12.9. The standard InChI is InChI=1S/C20H18FNO2S/c1-13-18(15-5-9-17(24-2)10-6-15)11-19(25-13)20(23)22-12-14-3-7-16(21)8-4-14/h3-11H,12H2,1-2H3,(H,22,23). The van der Waals surface area contributed by atoms with E-state index >= 15 is 0 Å². The minimum absolute atomic E-state index is 0.128. The number of hydrogen-bond donors (Lipinski definition) is 1. The molecule has 128 valence electrons. The minimum Gasteiger partial charge on any atom is -0.497 e. The van der Waals surface area contributed by atoms with E-state index in [1.807, 2.05) is 37.3 Å². The number of ether oxygens (including phenoxy) is 1. The highest BCUT2D eigenvalue weighted by Gasteiger charge is 2.13. The van der Waals surface area contributed by atoms with Gasteiger partial charge in [-0.3, -0.25) is 4.79 Å². The van der Waals surface area contributed by atoms with E-state index in [1.54, 1.807) is 19.2 Å². The van der Waals surface area contributed by atoms with Crippen LogP contribution in [-0.4, -0.2) is 13.0 Å². The number of aryl methyl sites for hydroxylation is 1. The number of halogens is 1. The van der Waals surface area contributed by atoms with Gasteiger partial charge in [-0.15, -0.1) is 11.3 Å². The van der Waals surface area contributed by atoms with E-state index in [1.165, 1.54) is 23.5 Å². The summed E-state index contributed by atoms with van der Waals surface area (Å²) in [6.07, 6.45) is 0. The van der Waals surface area contributed by atoms with E-state index in [2.05, 4.69) is 5.32 Å². The quantitative estimate of drug-likeness (QED) is 0.714. The first-order valence-corrected chi connectivity index (χ1v) is 8.66. The maximum absolute atomic E-state index is 12.9. The van der Waals surface area contributed by atoms with Crippen molar-refractivity contribution in [2.45, 2.75) is 13.5 Å². The minimum atomic E-state index is -0.284. The summed E-state index contributed by atoms with van der Waals surface area (Å²) in [5, 5.41) is 2.87. The summed E-state index contributed by atoms with van der Waals surface area (Å²) >= 11 is 1.46. The third kappa shape index (κ3) is 4.06. The number of hydrogen-bond acceptors (Lipinski definition) is 3. The highest BCUT2D eigenvalue weighted by atomic mass is 32.1. The van der Waals surface area contributed by atoms with Crippen LogP contribution in [0, 0.1) is 12.7 Å². The van der Waals surface area contributed by atoms with Crippen LogP contribution in [0.15, 0.2) is 54.6 Å². The van der Waals surface area contributed by atoms with Crippen LogP contribution in [0.3, 0.4) is 0 Å². The average molecular weight is 355 g/mol. The first-order chi connectivity index (χ1) is 12.1. The van der Waals surface area contributed by atoms with Crippen molar-refractivity contribution >= 4 is 17.2 Å². The Kier molecular flexibility index (Phi) is 5.14. The lowest BCUT2D eigenvalue weighted by Gasteiger charge is -2.04. The van der Waals surface area contributed by atoms with E-state index < -0.39 is 0 Å². The van der Waals surface area contributed by atoms with Crippen molar-refractivity contribution in [2.75, 3.05) is 7.11 Å². The summed E-state index contributed by atoms with van der Waals surface area (Å²) in [6.45, 7) is 2.37. The molecule has 3 nitrogen and oxygen atoms in total. The second kappa shape index (κ2) is 7.49. The van der Waals surface area contributed by atoms with Gasteiger partial charge in [-0.25, -0.2) is 4.39 Å². The molecule has 3 aromatic rings. The number of methoxy groups -OCH3 is 1. The first kappa shape index (κ1) is 17.2. The molecule has 0 unspecified atom stereocenters. The van der Waals surface area contributed by atoms with Crippen molar-refractivity contribution in [3.63, 3.8) is 0 Å². The van der Waals surface area contributed by atoms with Crippen LogP contribution in [0.4, 0.5) is 4.39 Å². The van der Waals surface area contributed by atoms with Gasteiger partial charge in [0.05, 0.1) is 12.0 Å². The van der Waals surface area contributed by atoms with Crippen LogP contribution in [0.5, 0.6) is 5.75 Å². The van der Waals surface area contributed by atoms with Gasteiger partial charge in [0.2, 0.25) is 0 Å². The molecule has 0 saturated heterocycles. The van der Waals surface area contributed by atoms with E-state index in [9.17, 15) is 9.18 Å². The zero-order valence-corrected chi connectivity index (χ0v) is 14.8. The fourth-order valence-electron chi connectivity index (χ4n) is 2.52. The first-order valence-electron chi connectivity index (χ1n) is 7.84. The Labute approximate surface area is 150 Å². The zero-order chi connectivity index (χ0) is 17.8. The molecule has 0 aliphatic carbocycles. The fraction of sp³-hybridized carbons (Fsp3) is 0.150. The summed E-state index contributed by atoms with van der Waals surface area (Å²) in [4.78, 5) is 14.1. The van der Waals surface area contributed by atoms with Crippen molar-refractivity contribution in [1.29, 1.82) is 0 Å². The van der Waals surface area contributed by atoms with Gasteiger partial charge in [0.1, 0.15) is 11.6 Å². The summed E-state index contributed by atoms with van der Waals surface area (Å²) < 4.78 is 18.1. The van der Waals surface area contributed by atoms with Crippen molar-refractivity contribution < 1.29 is 13.9 Å². The zero-order valence-electron chi connectivity index (χ0n) is 14.0. The number of carbonyl (C=O) groups is 1. The van der Waals surface area contributed by atoms with Crippen LogP contribution >= 0.6 is 11.3 Å². The Morgan fingerprint density at radius 1 is 1.12 bits per heavy atom. The van der Waals surface area contributed by atoms with Crippen molar-refractivity contribution in [3.05, 3.63) is 75.7 Å². The smallest absolute Gasteiger partial charge is 0.261 e. The van der Waals surface area contributed by atoms with Gasteiger partial charge in [-0.05, 0) is 53.9 Å². The van der Waals surface area contributed by atoms with Gasteiger partial charge < -0.3 is 10.1 Å². The second-order valence-electron chi connectivity index (χ2n) is 5.62. The van der Waals surface area contributed by atoms with Gasteiger partial charge >= 0.3 is 0 Å². The molecule has 1 N–H and O–H groups in total. The van der Waals surface area contributed by atoms with Crippen LogP contribution in [0.25, 0.3) is 11.1 Å². The summed E-state index contributed by atoms with van der Waals surface area (Å²) in [5.41, 5.74) is 2.95. The van der Waals surface area contributed by atoms with E-state index in [0.717, 1.165) is 27.3 Å². The van der Waals surface area contributed by atoms with Crippen LogP contribution < -0.4 is 10.1 Å². The van der Waals surface area contributed by atoms with E-state index in [4.69, 9.17) is 4.74 Å². The van der Waals surface area contributed by atoms with Crippen molar-refractivity contribution in [1.82, 2.24) is 5.32 Å². The Balaban J connectivity index is 1.72. The van der Waals surface area contributed by atoms with Crippen molar-refractivity contribution in [3.8, 4) is 16.9 Å². The highest BCUT2D eigenvalue weighted by molar-refractivity contribution is 7.14. The number of amides is 1. The number of rotatable bonds is 5. The van der Waals surface area contributed by atoms with Crippen LogP contribution in [0.1, 0.15) is 20.1 Å². The molecule has 1 heterocycles. The van der Waals surface area contributed by atoms with Gasteiger partial charge in [0.15, 0.2) is 0 Å². The Morgan fingerprint density at radius 2 is 1.80 bits per heavy atom. The molecule has 0 radical (unpaired) electrons. The predicted octanol–water partition coefficient (Wildman–Crippen LogP) is 4.80. The third-order valence-corrected chi connectivity index (χ3v) is 4.96. The Bertz CT molecular complexity index is 870. The molecule has 0 fully saturated rings. The lowest BCUT2D eigenvalue weighted by molar-refractivity contribution is 0.0955. The number of benzene rings is 2. The molecule has 2 aromatic carbocycles. The molecular weight excluding hydrogens is 337 g/mol. The molecule has 5 heteroatoms. The molecule has 3 rings (SSSR count). The van der Waals surface area contributed by atoms with Gasteiger partial charge in [0.25, 0.3) is 5.91 Å². The topological polar surface area (TPSA) is 38.3 Å². The maximum Gasteiger partial charge on any atom is 0.261 e. The van der Waals surface area contributed by atoms with Gasteiger partial charge in [-0.1, -0.05) is 24.3 Å². The normalized spacial score (nSPS) is 10.5. The monoisotopic (exact) mass is 355 g/mol. The molecule has 1 amide bonds. The number of thiophene rings is 1. The van der Waals surface area contributed by atoms with Crippen molar-refractivity contribution in [2.24, 2.45) is 0 Å². The fourth-order valence-corrected chi connectivity index (χ4v) is 3.48. The lowest BCUT2D eigenvalue weighted by atomic mass is 10.1. The summed E-state index contributed by atoms with van der Waals surface area (Å²) in [7, 11) is 1.63. The Hall–Kier alpha value is -2.66. The average Bonchev–Trinajstić information content (AvgIpc) is 3.03. The summed E-state index contributed by atoms with van der Waals surface area (Å²) in [5.74, 6) is 0.388. The molecule has 0 aliphatic rings. The predicted molar refractivity (Wildman–Crippen MR) is 98.6 cm³/mol.